The van der Waals surface area contributed by atoms with Gasteiger partial charge in [0.05, 0.1) is 16.8 Å². The predicted octanol–water partition coefficient (Wildman–Crippen LogP) is 5.50. The maximum absolute atomic E-state index is 13.4. The minimum absolute atomic E-state index is 0.0615. The van der Waals surface area contributed by atoms with Crippen molar-refractivity contribution in [3.8, 4) is 11.3 Å². The molecule has 11 heteroatoms. The third-order valence-corrected chi connectivity index (χ3v) is 6.29. The summed E-state index contributed by atoms with van der Waals surface area (Å²) >= 11 is 0. The highest BCUT2D eigenvalue weighted by molar-refractivity contribution is 6.15. The van der Waals surface area contributed by atoms with Crippen LogP contribution in [0.2, 0.25) is 0 Å². The van der Waals surface area contributed by atoms with E-state index in [9.17, 15) is 14.7 Å². The Balaban J connectivity index is 1.69. The van der Waals surface area contributed by atoms with Crippen LogP contribution in [0.5, 0.6) is 0 Å². The number of nitrogens with two attached hydrogens (primary N) is 1. The Labute approximate surface area is 213 Å². The molecule has 2 amide bonds. The van der Waals surface area contributed by atoms with Gasteiger partial charge in [0, 0.05) is 30.2 Å². The quantitative estimate of drug-likeness (QED) is 0.362. The first kappa shape index (κ1) is 24.5. The lowest BCUT2D eigenvalue weighted by Gasteiger charge is -2.33. The summed E-state index contributed by atoms with van der Waals surface area (Å²) in [6.07, 6.45) is 6.62. The fourth-order valence-electron chi connectivity index (χ4n) is 5.17. The molecule has 0 atom stereocenters. The zero-order valence-electron chi connectivity index (χ0n) is 21.6. The van der Waals surface area contributed by atoms with E-state index in [4.69, 9.17) is 10.5 Å². The van der Waals surface area contributed by atoms with E-state index >= 15 is 0 Å². The van der Waals surface area contributed by atoms with Crippen LogP contribution in [0.3, 0.4) is 0 Å². The molecule has 4 aromatic heterocycles. The van der Waals surface area contributed by atoms with E-state index in [1.807, 2.05) is 42.0 Å². The molecule has 0 aromatic carbocycles. The van der Waals surface area contributed by atoms with Crippen molar-refractivity contribution in [3.63, 3.8) is 0 Å². The van der Waals surface area contributed by atoms with Gasteiger partial charge in [0.15, 0.2) is 11.5 Å². The number of amides is 2. The van der Waals surface area contributed by atoms with Crippen molar-refractivity contribution >= 4 is 40.4 Å². The monoisotopic (exact) mass is 505 g/mol. The first-order valence-electron chi connectivity index (χ1n) is 12.2. The van der Waals surface area contributed by atoms with Gasteiger partial charge < -0.3 is 20.1 Å². The van der Waals surface area contributed by atoms with Crippen molar-refractivity contribution in [2.24, 2.45) is 5.41 Å². The molecule has 37 heavy (non-hydrogen) atoms. The number of nitrogens with zero attached hydrogens (tertiary/aromatic N) is 6. The molecule has 1 fully saturated rings. The predicted molar refractivity (Wildman–Crippen MR) is 140 cm³/mol. The molecule has 0 aliphatic heterocycles. The Hall–Kier alpha value is -4.15. The van der Waals surface area contributed by atoms with Gasteiger partial charge in [-0.05, 0) is 50.7 Å². The Kier molecular flexibility index (Phi) is 5.61. The largest absolute Gasteiger partial charge is 0.464 e. The van der Waals surface area contributed by atoms with Gasteiger partial charge >= 0.3 is 12.2 Å². The van der Waals surface area contributed by atoms with E-state index in [2.05, 4.69) is 15.0 Å². The van der Waals surface area contributed by atoms with Crippen LogP contribution in [0.25, 0.3) is 27.9 Å². The number of imidazole rings is 1. The third kappa shape index (κ3) is 4.56. The molecule has 0 spiro atoms. The van der Waals surface area contributed by atoms with E-state index in [0.717, 1.165) is 12.8 Å². The number of nitrogen functional groups attached to an aromatic ring is 1. The van der Waals surface area contributed by atoms with Crippen molar-refractivity contribution in [1.82, 2.24) is 23.9 Å². The fraction of sp³-hybridized carbons (Fsp3) is 0.423. The minimum atomic E-state index is -1.49. The van der Waals surface area contributed by atoms with Crippen LogP contribution < -0.4 is 10.6 Å². The summed E-state index contributed by atoms with van der Waals surface area (Å²) in [7, 11) is 0. The molecule has 11 nitrogen and oxygen atoms in total. The van der Waals surface area contributed by atoms with Crippen LogP contribution in [0.4, 0.5) is 21.1 Å². The lowest BCUT2D eigenvalue weighted by atomic mass is 9.84. The van der Waals surface area contributed by atoms with Crippen molar-refractivity contribution in [2.75, 3.05) is 10.6 Å². The summed E-state index contributed by atoms with van der Waals surface area (Å²) < 4.78 is 9.58. The molecule has 5 rings (SSSR count). The second-order valence-electron chi connectivity index (χ2n) is 11.4. The van der Waals surface area contributed by atoms with E-state index in [0.29, 0.717) is 44.9 Å². The van der Waals surface area contributed by atoms with Gasteiger partial charge in [-0.2, -0.15) is 4.90 Å². The van der Waals surface area contributed by atoms with Gasteiger partial charge in [0.25, 0.3) is 0 Å². The maximum Gasteiger partial charge on any atom is 0.425 e. The summed E-state index contributed by atoms with van der Waals surface area (Å²) in [5, 5.41) is 10.6. The van der Waals surface area contributed by atoms with Crippen LogP contribution in [-0.2, 0) is 4.74 Å². The van der Waals surface area contributed by atoms with Gasteiger partial charge in [-0.3, -0.25) is 4.40 Å². The molecule has 4 heterocycles. The smallest absolute Gasteiger partial charge is 0.425 e. The number of fused-ring (bicyclic) bond motifs is 2. The first-order chi connectivity index (χ1) is 17.4. The molecule has 3 N–H and O–H groups in total. The number of carbonyl (C=O) groups excluding carboxylic acids is 1. The summed E-state index contributed by atoms with van der Waals surface area (Å²) in [5.41, 5.74) is 8.08. The van der Waals surface area contributed by atoms with Crippen molar-refractivity contribution < 1.29 is 19.4 Å². The molecule has 0 unspecified atom stereocenters. The Morgan fingerprint density at radius 3 is 2.51 bits per heavy atom. The zero-order valence-corrected chi connectivity index (χ0v) is 21.6. The highest BCUT2D eigenvalue weighted by Crippen LogP contribution is 2.43. The lowest BCUT2D eigenvalue weighted by Crippen LogP contribution is -2.43. The molecular weight excluding hydrogens is 474 g/mol. The number of pyridine rings is 1. The molecule has 194 valence electrons. The van der Waals surface area contributed by atoms with E-state index in [1.54, 1.807) is 32.3 Å². The van der Waals surface area contributed by atoms with Gasteiger partial charge in [-0.1, -0.05) is 20.8 Å². The van der Waals surface area contributed by atoms with Crippen molar-refractivity contribution in [3.05, 3.63) is 37.1 Å². The van der Waals surface area contributed by atoms with Gasteiger partial charge in [0.2, 0.25) is 0 Å². The van der Waals surface area contributed by atoms with Crippen molar-refractivity contribution in [2.45, 2.75) is 65.5 Å². The minimum Gasteiger partial charge on any atom is -0.464 e. The molecular formula is C26H31N7O4. The molecule has 4 aromatic rings. The Bertz CT molecular complexity index is 1530. The van der Waals surface area contributed by atoms with Crippen LogP contribution >= 0.6 is 0 Å². The van der Waals surface area contributed by atoms with Gasteiger partial charge in [0.1, 0.15) is 17.6 Å². The highest BCUT2D eigenvalue weighted by Gasteiger charge is 2.37. The molecule has 1 aliphatic rings. The number of carboxylic acid groups (broad SMARTS) is 1. The van der Waals surface area contributed by atoms with Crippen LogP contribution in [0, 0.1) is 5.41 Å². The number of rotatable bonds is 5. The summed E-state index contributed by atoms with van der Waals surface area (Å²) in [4.78, 5) is 39.6. The second kappa shape index (κ2) is 8.46. The van der Waals surface area contributed by atoms with E-state index in [-0.39, 0.29) is 17.3 Å². The summed E-state index contributed by atoms with van der Waals surface area (Å²) in [6.45, 7) is 9.63. The number of carbonyl (C=O) groups is 2. The Morgan fingerprint density at radius 1 is 1.14 bits per heavy atom. The zero-order chi connectivity index (χ0) is 26.7. The van der Waals surface area contributed by atoms with Gasteiger partial charge in [-0.25, -0.2) is 24.5 Å². The van der Waals surface area contributed by atoms with Crippen LogP contribution in [-0.4, -0.2) is 46.8 Å². The molecule has 0 radical (unpaired) electrons. The molecule has 1 aliphatic carbocycles. The molecule has 0 bridgehead atoms. The molecule has 0 saturated heterocycles. The second-order valence-corrected chi connectivity index (χ2v) is 11.4. The Morgan fingerprint density at radius 2 is 1.86 bits per heavy atom. The number of ether oxygens (including phenoxy) is 1. The standard InChI is InChI=1S/C26H31N7O4/c1-25(2,3)13-26(4,5)37-24(36)33(23(34)35)22-19-16(12-32(15-6-7-15)21(19)29-14-30-22)18-9-8-17(27)20-28-10-11-31(18)20/h8-12,14-15H,6-7,13,27H2,1-5H3,(H,34,35). The number of hydrogen-bond acceptors (Lipinski definition) is 7. The maximum atomic E-state index is 13.4. The van der Waals surface area contributed by atoms with E-state index in [1.165, 1.54) is 6.33 Å². The number of aromatic nitrogens is 5. The average molecular weight is 506 g/mol. The number of hydrogen-bond donors (Lipinski definition) is 2. The van der Waals surface area contributed by atoms with E-state index < -0.39 is 17.8 Å². The number of imide groups is 1. The van der Waals surface area contributed by atoms with Gasteiger partial charge in [-0.15, -0.1) is 0 Å². The van der Waals surface area contributed by atoms with Crippen LogP contribution in [0.15, 0.2) is 37.1 Å². The van der Waals surface area contributed by atoms with Crippen molar-refractivity contribution in [1.29, 1.82) is 0 Å². The van der Waals surface area contributed by atoms with Crippen LogP contribution in [0.1, 0.15) is 59.9 Å². The SMILES string of the molecule is CC(C)(C)CC(C)(C)OC(=O)N(C(=O)O)c1ncnc2c1c(-c1ccc(N)c3nccn13)cn2C1CC1. The topological polar surface area (TPSA) is 141 Å². The molecule has 1 saturated carbocycles. The summed E-state index contributed by atoms with van der Waals surface area (Å²) in [5.74, 6) is -0.0615. The highest BCUT2D eigenvalue weighted by atomic mass is 16.6. The normalized spacial score (nSPS) is 14.3. The fourth-order valence-corrected chi connectivity index (χ4v) is 5.17. The lowest BCUT2D eigenvalue weighted by molar-refractivity contribution is 0.0145. The number of anilines is 2. The first-order valence-corrected chi connectivity index (χ1v) is 12.2. The third-order valence-electron chi connectivity index (χ3n) is 6.29. The average Bonchev–Trinajstić information content (AvgIpc) is 3.34. The summed E-state index contributed by atoms with van der Waals surface area (Å²) in [6, 6.07) is 3.82.